The van der Waals surface area contributed by atoms with Crippen molar-refractivity contribution in [2.24, 2.45) is 0 Å². The standard InChI is InChI=1S/C30H32FN3O2/c1-3-21-6-5-9-26-28(20-32-30(21)26)27(22-7-4-8-23(31)18-22)19-29(35)34-16-14-33(15-17-34)24-10-12-25(36-2)13-11-24/h4-13,18,20,27,32H,3,14-17,19H2,1-2H3/t27-/m0/s1. The molecule has 0 bridgehead atoms. The van der Waals surface area contributed by atoms with E-state index in [0.717, 1.165) is 53.0 Å². The Bertz CT molecular complexity index is 1340. The van der Waals surface area contributed by atoms with Gasteiger partial charge in [0.1, 0.15) is 11.6 Å². The molecule has 0 aliphatic carbocycles. The van der Waals surface area contributed by atoms with Crippen molar-refractivity contribution in [3.8, 4) is 5.75 Å². The molecule has 3 aromatic carbocycles. The average Bonchev–Trinajstić information content (AvgIpc) is 3.36. The van der Waals surface area contributed by atoms with Gasteiger partial charge in [-0.15, -0.1) is 0 Å². The summed E-state index contributed by atoms with van der Waals surface area (Å²) in [5, 5.41) is 1.10. The lowest BCUT2D eigenvalue weighted by Crippen LogP contribution is -2.49. The van der Waals surface area contributed by atoms with E-state index in [4.69, 9.17) is 4.74 Å². The monoisotopic (exact) mass is 485 g/mol. The second-order valence-corrected chi connectivity index (χ2v) is 9.31. The number of hydrogen-bond acceptors (Lipinski definition) is 3. The maximum atomic E-state index is 14.2. The van der Waals surface area contributed by atoms with E-state index in [1.807, 2.05) is 29.3 Å². The van der Waals surface area contributed by atoms with Crippen LogP contribution in [-0.2, 0) is 11.2 Å². The third-order valence-corrected chi connectivity index (χ3v) is 7.29. The summed E-state index contributed by atoms with van der Waals surface area (Å²) < 4.78 is 19.5. The fourth-order valence-corrected chi connectivity index (χ4v) is 5.26. The minimum absolute atomic E-state index is 0.0969. The molecule has 5 rings (SSSR count). The highest BCUT2D eigenvalue weighted by atomic mass is 19.1. The molecular weight excluding hydrogens is 453 g/mol. The summed E-state index contributed by atoms with van der Waals surface area (Å²) in [7, 11) is 1.66. The Morgan fingerprint density at radius 3 is 2.47 bits per heavy atom. The molecule has 1 aliphatic heterocycles. The van der Waals surface area contributed by atoms with Crippen LogP contribution in [0.3, 0.4) is 0 Å². The number of rotatable bonds is 7. The molecule has 36 heavy (non-hydrogen) atoms. The highest BCUT2D eigenvalue weighted by Gasteiger charge is 2.27. The van der Waals surface area contributed by atoms with Crippen molar-refractivity contribution in [1.29, 1.82) is 0 Å². The molecule has 1 atom stereocenters. The van der Waals surface area contributed by atoms with Crippen LogP contribution in [0.4, 0.5) is 10.1 Å². The summed E-state index contributed by atoms with van der Waals surface area (Å²) in [4.78, 5) is 21.2. The molecule has 0 spiro atoms. The van der Waals surface area contributed by atoms with Gasteiger partial charge in [0.05, 0.1) is 7.11 Å². The van der Waals surface area contributed by atoms with Crippen LogP contribution < -0.4 is 9.64 Å². The molecular formula is C30H32FN3O2. The Balaban J connectivity index is 1.36. The highest BCUT2D eigenvalue weighted by molar-refractivity contribution is 5.88. The molecule has 0 unspecified atom stereocenters. The summed E-state index contributed by atoms with van der Waals surface area (Å²) in [5.41, 5.74) is 5.32. The second kappa shape index (κ2) is 10.4. The fourth-order valence-electron chi connectivity index (χ4n) is 5.26. The first-order valence-corrected chi connectivity index (χ1v) is 12.6. The van der Waals surface area contributed by atoms with Crippen LogP contribution in [0, 0.1) is 5.82 Å². The van der Waals surface area contributed by atoms with E-state index in [1.54, 1.807) is 19.2 Å². The minimum atomic E-state index is -0.285. The van der Waals surface area contributed by atoms with E-state index in [2.05, 4.69) is 47.1 Å². The van der Waals surface area contributed by atoms with Crippen LogP contribution in [0.25, 0.3) is 10.9 Å². The molecule has 1 aliphatic rings. The van der Waals surface area contributed by atoms with Gasteiger partial charge >= 0.3 is 0 Å². The lowest BCUT2D eigenvalue weighted by atomic mass is 9.87. The van der Waals surface area contributed by atoms with Crippen molar-refractivity contribution in [3.63, 3.8) is 0 Å². The molecule has 5 nitrogen and oxygen atoms in total. The molecule has 186 valence electrons. The molecule has 1 amide bonds. The lowest BCUT2D eigenvalue weighted by Gasteiger charge is -2.36. The number of nitrogens with zero attached hydrogens (tertiary/aromatic N) is 2. The van der Waals surface area contributed by atoms with E-state index in [0.29, 0.717) is 19.5 Å². The number of carbonyl (C=O) groups excluding carboxylic acids is 1. The largest absolute Gasteiger partial charge is 0.497 e. The quantitative estimate of drug-likeness (QED) is 0.363. The zero-order valence-electron chi connectivity index (χ0n) is 20.8. The van der Waals surface area contributed by atoms with Gasteiger partial charge in [-0.25, -0.2) is 4.39 Å². The number of fused-ring (bicyclic) bond motifs is 1. The van der Waals surface area contributed by atoms with Crippen LogP contribution in [-0.4, -0.2) is 49.1 Å². The second-order valence-electron chi connectivity index (χ2n) is 9.31. The molecule has 0 saturated carbocycles. The maximum absolute atomic E-state index is 14.2. The van der Waals surface area contributed by atoms with E-state index < -0.39 is 0 Å². The zero-order chi connectivity index (χ0) is 25.1. The number of amides is 1. The predicted octanol–water partition coefficient (Wildman–Crippen LogP) is 5.75. The number of aryl methyl sites for hydroxylation is 1. The number of aromatic nitrogens is 1. The minimum Gasteiger partial charge on any atom is -0.497 e. The number of halogens is 1. The van der Waals surface area contributed by atoms with E-state index in [9.17, 15) is 9.18 Å². The number of nitrogens with one attached hydrogen (secondary N) is 1. The fraction of sp³-hybridized carbons (Fsp3) is 0.300. The van der Waals surface area contributed by atoms with E-state index >= 15 is 0 Å². The summed E-state index contributed by atoms with van der Waals surface area (Å²) in [6.07, 6.45) is 3.21. The number of ether oxygens (including phenoxy) is 1. The Kier molecular flexibility index (Phi) is 6.94. The number of aromatic amines is 1. The SMILES string of the molecule is CCc1cccc2c([C@@H](CC(=O)N3CCN(c4ccc(OC)cc4)CC3)c3cccc(F)c3)c[nH]c12. The van der Waals surface area contributed by atoms with Crippen molar-refractivity contribution >= 4 is 22.5 Å². The van der Waals surface area contributed by atoms with Gasteiger partial charge < -0.3 is 19.5 Å². The van der Waals surface area contributed by atoms with Crippen molar-refractivity contribution < 1.29 is 13.9 Å². The van der Waals surface area contributed by atoms with Gasteiger partial charge in [-0.2, -0.15) is 0 Å². The molecule has 2 heterocycles. The normalized spacial score (nSPS) is 14.8. The van der Waals surface area contributed by atoms with Gasteiger partial charge in [0.2, 0.25) is 5.91 Å². The molecule has 1 fully saturated rings. The first-order valence-electron chi connectivity index (χ1n) is 12.6. The van der Waals surface area contributed by atoms with E-state index in [1.165, 1.54) is 11.6 Å². The Hall–Kier alpha value is -3.80. The van der Waals surface area contributed by atoms with Gasteiger partial charge in [0.15, 0.2) is 0 Å². The number of hydrogen-bond donors (Lipinski definition) is 1. The number of piperazine rings is 1. The lowest BCUT2D eigenvalue weighted by molar-refractivity contribution is -0.131. The Labute approximate surface area is 211 Å². The third kappa shape index (κ3) is 4.81. The van der Waals surface area contributed by atoms with Crippen LogP contribution in [0.1, 0.15) is 36.0 Å². The number of methoxy groups -OCH3 is 1. The van der Waals surface area contributed by atoms with Gasteiger partial charge in [0.25, 0.3) is 0 Å². The molecule has 1 saturated heterocycles. The van der Waals surface area contributed by atoms with Gasteiger partial charge in [0, 0.05) is 61.3 Å². The predicted molar refractivity (Wildman–Crippen MR) is 142 cm³/mol. The number of anilines is 1. The number of H-pyrrole nitrogens is 1. The van der Waals surface area contributed by atoms with Gasteiger partial charge in [-0.1, -0.05) is 37.3 Å². The smallest absolute Gasteiger partial charge is 0.223 e. The van der Waals surface area contributed by atoms with Crippen molar-refractivity contribution in [1.82, 2.24) is 9.88 Å². The Morgan fingerprint density at radius 1 is 1.03 bits per heavy atom. The first kappa shape index (κ1) is 23.9. The molecule has 0 radical (unpaired) electrons. The average molecular weight is 486 g/mol. The summed E-state index contributed by atoms with van der Waals surface area (Å²) in [5.74, 6) is 0.416. The summed E-state index contributed by atoms with van der Waals surface area (Å²) in [6, 6.07) is 20.9. The zero-order valence-corrected chi connectivity index (χ0v) is 20.8. The molecule has 1 N–H and O–H groups in total. The van der Waals surface area contributed by atoms with Crippen LogP contribution in [0.5, 0.6) is 5.75 Å². The number of carbonyl (C=O) groups is 1. The maximum Gasteiger partial charge on any atom is 0.223 e. The van der Waals surface area contributed by atoms with Crippen molar-refractivity contribution in [3.05, 3.63) is 95.4 Å². The van der Waals surface area contributed by atoms with Crippen LogP contribution in [0.15, 0.2) is 72.9 Å². The third-order valence-electron chi connectivity index (χ3n) is 7.29. The van der Waals surface area contributed by atoms with Gasteiger partial charge in [-0.05, 0) is 59.5 Å². The van der Waals surface area contributed by atoms with Crippen LogP contribution in [0.2, 0.25) is 0 Å². The topological polar surface area (TPSA) is 48.6 Å². The van der Waals surface area contributed by atoms with Crippen LogP contribution >= 0.6 is 0 Å². The van der Waals surface area contributed by atoms with E-state index in [-0.39, 0.29) is 17.6 Å². The first-order chi connectivity index (χ1) is 17.6. The molecule has 1 aromatic heterocycles. The summed E-state index contributed by atoms with van der Waals surface area (Å²) in [6.45, 7) is 5.00. The number of para-hydroxylation sites is 1. The molecule has 4 aromatic rings. The number of benzene rings is 3. The van der Waals surface area contributed by atoms with Crippen molar-refractivity contribution in [2.45, 2.75) is 25.7 Å². The van der Waals surface area contributed by atoms with Gasteiger partial charge in [-0.3, -0.25) is 4.79 Å². The Morgan fingerprint density at radius 2 is 1.78 bits per heavy atom. The molecule has 6 heteroatoms. The van der Waals surface area contributed by atoms with Crippen molar-refractivity contribution in [2.75, 3.05) is 38.2 Å². The summed E-state index contributed by atoms with van der Waals surface area (Å²) >= 11 is 0. The highest BCUT2D eigenvalue weighted by Crippen LogP contribution is 2.35.